The van der Waals surface area contributed by atoms with Gasteiger partial charge in [-0.2, -0.15) is 5.10 Å². The summed E-state index contributed by atoms with van der Waals surface area (Å²) in [7, 11) is 1.97. The van der Waals surface area contributed by atoms with Crippen molar-refractivity contribution in [1.29, 1.82) is 0 Å². The first kappa shape index (κ1) is 13.6. The van der Waals surface area contributed by atoms with E-state index in [2.05, 4.69) is 16.9 Å². The van der Waals surface area contributed by atoms with Gasteiger partial charge in [-0.3, -0.25) is 9.48 Å². The molecule has 20 heavy (non-hydrogen) atoms. The molecular formula is C15H23N3O2. The quantitative estimate of drug-likeness (QED) is 0.827. The molecule has 0 unspecified atom stereocenters. The van der Waals surface area contributed by atoms with Crippen molar-refractivity contribution in [1.82, 2.24) is 14.7 Å². The molecular weight excluding hydrogens is 254 g/mol. The molecule has 2 aliphatic heterocycles. The second-order valence-corrected chi connectivity index (χ2v) is 5.96. The van der Waals surface area contributed by atoms with Crippen LogP contribution in [0.1, 0.15) is 42.3 Å². The molecule has 0 radical (unpaired) electrons. The van der Waals surface area contributed by atoms with E-state index in [1.807, 2.05) is 18.7 Å². The second kappa shape index (κ2) is 5.20. The number of aromatic nitrogens is 2. The summed E-state index contributed by atoms with van der Waals surface area (Å²) in [5.74, 6) is 0.334. The number of hydrogen-bond donors (Lipinski definition) is 0. The Bertz CT molecular complexity index is 517. The minimum absolute atomic E-state index is 0.0629. The van der Waals surface area contributed by atoms with E-state index in [0.29, 0.717) is 6.61 Å². The molecule has 3 rings (SSSR count). The minimum Gasteiger partial charge on any atom is -0.381 e. The number of aryl methyl sites for hydroxylation is 2. The smallest absolute Gasteiger partial charge is 0.228 e. The summed E-state index contributed by atoms with van der Waals surface area (Å²) < 4.78 is 7.29. The van der Waals surface area contributed by atoms with Crippen LogP contribution >= 0.6 is 0 Å². The van der Waals surface area contributed by atoms with Crippen LogP contribution < -0.4 is 0 Å². The second-order valence-electron chi connectivity index (χ2n) is 5.96. The maximum absolute atomic E-state index is 12.7. The molecule has 3 heterocycles. The van der Waals surface area contributed by atoms with Gasteiger partial charge in [0.05, 0.1) is 24.3 Å². The van der Waals surface area contributed by atoms with Gasteiger partial charge < -0.3 is 9.64 Å². The van der Waals surface area contributed by atoms with Gasteiger partial charge in [0, 0.05) is 31.5 Å². The molecule has 0 saturated carbocycles. The predicted molar refractivity (Wildman–Crippen MR) is 75.3 cm³/mol. The Labute approximate surface area is 119 Å². The number of rotatable bonds is 2. The third-order valence-corrected chi connectivity index (χ3v) is 4.71. The average molecular weight is 277 g/mol. The fourth-order valence-corrected chi connectivity index (χ4v) is 3.57. The third-order valence-electron chi connectivity index (χ3n) is 4.71. The number of likely N-dealkylation sites (tertiary alicyclic amines) is 1. The first-order chi connectivity index (χ1) is 9.59. The van der Waals surface area contributed by atoms with Crippen molar-refractivity contribution in [2.24, 2.45) is 13.0 Å². The number of ether oxygens (including phenoxy) is 1. The summed E-state index contributed by atoms with van der Waals surface area (Å²) >= 11 is 0. The highest BCUT2D eigenvalue weighted by molar-refractivity contribution is 5.80. The highest BCUT2D eigenvalue weighted by atomic mass is 16.5. The zero-order valence-corrected chi connectivity index (χ0v) is 12.6. The van der Waals surface area contributed by atoms with Gasteiger partial charge in [0.25, 0.3) is 0 Å². The van der Waals surface area contributed by atoms with Crippen LogP contribution in [0.25, 0.3) is 0 Å². The fourth-order valence-electron chi connectivity index (χ4n) is 3.57. The highest BCUT2D eigenvalue weighted by Crippen LogP contribution is 2.36. The number of carbonyl (C=O) groups excluding carboxylic acids is 1. The molecule has 1 aromatic rings. The normalized spacial score (nSPS) is 26.4. The maximum Gasteiger partial charge on any atom is 0.228 e. The number of nitrogens with zero attached hydrogens (tertiary/aromatic N) is 3. The van der Waals surface area contributed by atoms with E-state index in [-0.39, 0.29) is 17.9 Å². The van der Waals surface area contributed by atoms with Crippen LogP contribution in [0.4, 0.5) is 0 Å². The molecule has 0 aliphatic carbocycles. The Kier molecular flexibility index (Phi) is 3.54. The van der Waals surface area contributed by atoms with Crippen molar-refractivity contribution >= 4 is 5.91 Å². The van der Waals surface area contributed by atoms with E-state index in [1.165, 1.54) is 11.3 Å². The molecule has 110 valence electrons. The predicted octanol–water partition coefficient (Wildman–Crippen LogP) is 1.74. The van der Waals surface area contributed by atoms with E-state index in [0.717, 1.165) is 38.1 Å². The first-order valence-electron chi connectivity index (χ1n) is 7.48. The Morgan fingerprint density at radius 2 is 2.15 bits per heavy atom. The molecule has 2 aliphatic rings. The topological polar surface area (TPSA) is 47.4 Å². The fraction of sp³-hybridized carbons (Fsp3) is 0.733. The van der Waals surface area contributed by atoms with Crippen molar-refractivity contribution in [3.63, 3.8) is 0 Å². The summed E-state index contributed by atoms with van der Waals surface area (Å²) in [6, 6.07) is 0.205. The van der Waals surface area contributed by atoms with E-state index in [4.69, 9.17) is 4.74 Å². The Balaban J connectivity index is 1.86. The Morgan fingerprint density at radius 1 is 1.35 bits per heavy atom. The van der Waals surface area contributed by atoms with Crippen molar-refractivity contribution in [2.45, 2.75) is 39.2 Å². The van der Waals surface area contributed by atoms with E-state index in [9.17, 15) is 4.79 Å². The molecule has 0 aromatic carbocycles. The van der Waals surface area contributed by atoms with Gasteiger partial charge in [-0.25, -0.2) is 0 Å². The van der Waals surface area contributed by atoms with E-state index < -0.39 is 0 Å². The lowest BCUT2D eigenvalue weighted by Crippen LogP contribution is -2.36. The maximum atomic E-state index is 12.7. The number of hydrogen-bond acceptors (Lipinski definition) is 3. The molecule has 5 nitrogen and oxygen atoms in total. The van der Waals surface area contributed by atoms with Crippen LogP contribution in [0.15, 0.2) is 0 Å². The lowest BCUT2D eigenvalue weighted by molar-refractivity contribution is -0.136. The largest absolute Gasteiger partial charge is 0.381 e. The summed E-state index contributed by atoms with van der Waals surface area (Å²) in [5.41, 5.74) is 3.48. The Hall–Kier alpha value is -1.36. The highest BCUT2D eigenvalue weighted by Gasteiger charge is 2.37. The molecule has 5 heteroatoms. The lowest BCUT2D eigenvalue weighted by atomic mass is 10.0. The SMILES string of the molecule is Cc1nn(C)c(C)c1[C@H]1CCCN1C(=O)[C@H]1CCOC1. The van der Waals surface area contributed by atoms with E-state index in [1.54, 1.807) is 0 Å². The van der Waals surface area contributed by atoms with Gasteiger partial charge in [-0.15, -0.1) is 0 Å². The van der Waals surface area contributed by atoms with Gasteiger partial charge in [0.2, 0.25) is 5.91 Å². The van der Waals surface area contributed by atoms with Crippen molar-refractivity contribution in [2.75, 3.05) is 19.8 Å². The van der Waals surface area contributed by atoms with Gasteiger partial charge in [0.15, 0.2) is 0 Å². The van der Waals surface area contributed by atoms with Crippen LogP contribution in [0.3, 0.4) is 0 Å². The van der Waals surface area contributed by atoms with E-state index >= 15 is 0 Å². The van der Waals surface area contributed by atoms with Gasteiger partial charge in [-0.1, -0.05) is 0 Å². The summed E-state index contributed by atoms with van der Waals surface area (Å²) in [4.78, 5) is 14.7. The zero-order valence-electron chi connectivity index (χ0n) is 12.6. The number of carbonyl (C=O) groups is 1. The molecule has 0 bridgehead atoms. The van der Waals surface area contributed by atoms with Crippen LogP contribution in [0, 0.1) is 19.8 Å². The minimum atomic E-state index is 0.0629. The molecule has 0 N–H and O–H groups in total. The van der Waals surface area contributed by atoms with Crippen molar-refractivity contribution < 1.29 is 9.53 Å². The summed E-state index contributed by atoms with van der Waals surface area (Å²) in [6.45, 7) is 6.32. The summed E-state index contributed by atoms with van der Waals surface area (Å²) in [5, 5.41) is 4.50. The molecule has 1 aromatic heterocycles. The van der Waals surface area contributed by atoms with Crippen LogP contribution in [-0.4, -0.2) is 40.3 Å². The number of amides is 1. The average Bonchev–Trinajstić information content (AvgIpc) is 3.12. The van der Waals surface area contributed by atoms with Crippen molar-refractivity contribution in [3.05, 3.63) is 17.0 Å². The standard InChI is InChI=1S/C15H23N3O2/c1-10-14(11(2)17(3)16-10)13-5-4-7-18(13)15(19)12-6-8-20-9-12/h12-13H,4-9H2,1-3H3/t12-,13+/m0/s1. The van der Waals surface area contributed by atoms with Crippen LogP contribution in [-0.2, 0) is 16.6 Å². The van der Waals surface area contributed by atoms with Gasteiger partial charge in [0.1, 0.15) is 0 Å². The Morgan fingerprint density at radius 3 is 2.75 bits per heavy atom. The molecule has 1 amide bonds. The lowest BCUT2D eigenvalue weighted by Gasteiger charge is -2.27. The monoisotopic (exact) mass is 277 g/mol. The third kappa shape index (κ3) is 2.14. The molecule has 0 spiro atoms. The first-order valence-corrected chi connectivity index (χ1v) is 7.48. The molecule has 2 saturated heterocycles. The zero-order chi connectivity index (χ0) is 14.3. The van der Waals surface area contributed by atoms with Crippen LogP contribution in [0.2, 0.25) is 0 Å². The molecule has 2 fully saturated rings. The van der Waals surface area contributed by atoms with Gasteiger partial charge in [-0.05, 0) is 33.1 Å². The van der Waals surface area contributed by atoms with Crippen molar-refractivity contribution in [3.8, 4) is 0 Å². The van der Waals surface area contributed by atoms with Crippen LogP contribution in [0.5, 0.6) is 0 Å². The van der Waals surface area contributed by atoms with Gasteiger partial charge >= 0.3 is 0 Å². The summed E-state index contributed by atoms with van der Waals surface area (Å²) in [6.07, 6.45) is 3.00. The molecule has 2 atom stereocenters.